The van der Waals surface area contributed by atoms with Gasteiger partial charge in [-0.15, -0.1) is 0 Å². The van der Waals surface area contributed by atoms with Crippen LogP contribution in [0.3, 0.4) is 0 Å². The van der Waals surface area contributed by atoms with Crippen LogP contribution in [0.25, 0.3) is 17.2 Å². The number of fused-ring (bicyclic) bond motifs is 1. The molecule has 3 aromatic rings. The maximum Gasteiger partial charge on any atom is 0.335 e. The zero-order chi connectivity index (χ0) is 18.4. The van der Waals surface area contributed by atoms with Crippen molar-refractivity contribution < 1.29 is 19.0 Å². The molecule has 130 valence electrons. The van der Waals surface area contributed by atoms with Gasteiger partial charge in [0.1, 0.15) is 12.4 Å². The third kappa shape index (κ3) is 4.33. The predicted molar refractivity (Wildman–Crippen MR) is 96.9 cm³/mol. The summed E-state index contributed by atoms with van der Waals surface area (Å²) in [5, 5.41) is 9.00. The summed E-state index contributed by atoms with van der Waals surface area (Å²) in [6, 6.07) is 16.8. The smallest absolute Gasteiger partial charge is 0.335 e. The second-order valence-corrected chi connectivity index (χ2v) is 5.56. The minimum atomic E-state index is -0.930. The minimum absolute atomic E-state index is 0.178. The zero-order valence-corrected chi connectivity index (χ0v) is 13.8. The van der Waals surface area contributed by atoms with Gasteiger partial charge in [0.2, 0.25) is 0 Å². The Labute approximate surface area is 150 Å². The molecule has 0 saturated carbocycles. The molecule has 4 nitrogen and oxygen atoms in total. The van der Waals surface area contributed by atoms with Gasteiger partial charge in [-0.05, 0) is 42.0 Å². The Kier molecular flexibility index (Phi) is 5.39. The maximum absolute atomic E-state index is 11.9. The van der Waals surface area contributed by atoms with E-state index in [-0.39, 0.29) is 11.4 Å². The number of nitrogens with zero attached hydrogens (tertiary/aromatic N) is 1. The van der Waals surface area contributed by atoms with Crippen molar-refractivity contribution in [3.05, 3.63) is 95.8 Å². The average Bonchev–Trinajstić information content (AvgIpc) is 2.69. The molecule has 0 bridgehead atoms. The van der Waals surface area contributed by atoms with Crippen LogP contribution in [-0.2, 0) is 11.3 Å². The van der Waals surface area contributed by atoms with E-state index in [1.807, 2.05) is 18.2 Å². The van der Waals surface area contributed by atoms with Crippen LogP contribution in [-0.4, -0.2) is 16.1 Å². The fraction of sp³-hybridized carbons (Fsp3) is 0.0476. The number of ether oxygens (including phenoxy) is 1. The first-order chi connectivity index (χ1) is 12.6. The van der Waals surface area contributed by atoms with Crippen LogP contribution in [0.4, 0.5) is 4.39 Å². The molecular weight excluding hydrogens is 333 g/mol. The van der Waals surface area contributed by atoms with Gasteiger partial charge < -0.3 is 9.84 Å². The van der Waals surface area contributed by atoms with Crippen molar-refractivity contribution in [1.29, 1.82) is 0 Å². The summed E-state index contributed by atoms with van der Waals surface area (Å²) < 4.78 is 17.1. The lowest BCUT2D eigenvalue weighted by molar-refractivity contribution is 0.0697. The highest BCUT2D eigenvalue weighted by Crippen LogP contribution is 2.24. The number of halogens is 1. The van der Waals surface area contributed by atoms with Crippen molar-refractivity contribution in [2.24, 2.45) is 0 Å². The van der Waals surface area contributed by atoms with Crippen LogP contribution in [0.15, 0.2) is 73.1 Å². The summed E-state index contributed by atoms with van der Waals surface area (Å²) in [6.07, 6.45) is 5.24. The van der Waals surface area contributed by atoms with Gasteiger partial charge in [-0.25, -0.2) is 9.18 Å². The van der Waals surface area contributed by atoms with E-state index in [9.17, 15) is 9.18 Å². The van der Waals surface area contributed by atoms with Gasteiger partial charge in [-0.3, -0.25) is 4.98 Å². The molecule has 5 heteroatoms. The van der Waals surface area contributed by atoms with Gasteiger partial charge in [0.25, 0.3) is 0 Å². The third-order valence-corrected chi connectivity index (χ3v) is 3.74. The molecule has 4 rings (SSSR count). The topological polar surface area (TPSA) is 59.4 Å². The number of carbonyl (C=O) groups is 1. The van der Waals surface area contributed by atoms with Gasteiger partial charge >= 0.3 is 5.97 Å². The van der Waals surface area contributed by atoms with Crippen molar-refractivity contribution in [2.45, 2.75) is 6.61 Å². The summed E-state index contributed by atoms with van der Waals surface area (Å²) in [4.78, 5) is 15.3. The molecule has 0 unspecified atom stereocenters. The number of aromatic carboxylic acids is 1. The van der Waals surface area contributed by atoms with Crippen molar-refractivity contribution >= 4 is 12.0 Å². The summed E-state index contributed by atoms with van der Waals surface area (Å²) in [5.41, 5.74) is 3.91. The van der Waals surface area contributed by atoms with Crippen molar-refractivity contribution in [1.82, 2.24) is 4.98 Å². The molecule has 1 N–H and O–H groups in total. The molecule has 2 aromatic carbocycles. The zero-order valence-electron chi connectivity index (χ0n) is 13.8. The van der Waals surface area contributed by atoms with Crippen LogP contribution >= 0.6 is 0 Å². The molecule has 2 heterocycles. The summed E-state index contributed by atoms with van der Waals surface area (Å²) in [7, 11) is 0. The first kappa shape index (κ1) is 17.4. The molecular formula is C21H16FNO3. The van der Waals surface area contributed by atoms with Crippen LogP contribution in [0.5, 0.6) is 0 Å². The van der Waals surface area contributed by atoms with Crippen molar-refractivity contribution in [3.63, 3.8) is 0 Å². The van der Waals surface area contributed by atoms with E-state index in [0.717, 1.165) is 22.4 Å². The highest BCUT2D eigenvalue weighted by atomic mass is 19.1. The molecule has 0 spiro atoms. The lowest BCUT2D eigenvalue weighted by Gasteiger charge is -2.12. The number of aromatic nitrogens is 1. The molecule has 0 atom stereocenters. The first-order valence-electron chi connectivity index (χ1n) is 7.95. The molecule has 1 aromatic heterocycles. The highest BCUT2D eigenvalue weighted by molar-refractivity contribution is 5.89. The molecule has 26 heavy (non-hydrogen) atoms. The Morgan fingerprint density at radius 1 is 1.04 bits per heavy atom. The van der Waals surface area contributed by atoms with E-state index in [1.54, 1.807) is 48.9 Å². The number of carboxylic acid groups (broad SMARTS) is 1. The number of pyridine rings is 1. The molecule has 0 amide bonds. The van der Waals surface area contributed by atoms with Gasteiger partial charge in [0.15, 0.2) is 0 Å². The number of rotatable bonds is 2. The van der Waals surface area contributed by atoms with E-state index in [0.29, 0.717) is 6.61 Å². The largest absolute Gasteiger partial charge is 0.495 e. The normalized spacial score (nSPS) is 11.6. The Bertz CT molecular complexity index is 939. The van der Waals surface area contributed by atoms with E-state index >= 15 is 0 Å². The van der Waals surface area contributed by atoms with Crippen LogP contribution in [0.1, 0.15) is 21.6 Å². The number of benzene rings is 2. The van der Waals surface area contributed by atoms with E-state index < -0.39 is 5.97 Å². The molecule has 1 aliphatic rings. The number of carboxylic acids is 1. The van der Waals surface area contributed by atoms with E-state index in [1.165, 1.54) is 12.1 Å². The average molecular weight is 349 g/mol. The quantitative estimate of drug-likeness (QED) is 0.724. The Hall–Kier alpha value is -3.47. The second kappa shape index (κ2) is 8.07. The molecule has 1 aliphatic heterocycles. The van der Waals surface area contributed by atoms with Gasteiger partial charge in [-0.1, -0.05) is 30.3 Å². The highest BCUT2D eigenvalue weighted by Gasteiger charge is 2.10. The SMILES string of the molecule is Fc1ccccc1.O=C(O)c1cccc(-c2cnc3c(c2)C=COC3)c1. The van der Waals surface area contributed by atoms with Crippen molar-refractivity contribution in [3.8, 4) is 11.1 Å². The van der Waals surface area contributed by atoms with E-state index in [2.05, 4.69) is 4.98 Å². The Morgan fingerprint density at radius 3 is 2.54 bits per heavy atom. The standard InChI is InChI=1S/C15H11NO3.C6H5F/c17-15(18)12-3-1-2-10(6-12)13-7-11-4-5-19-9-14(11)16-8-13;7-6-4-2-1-3-5-6/h1-8H,9H2,(H,17,18);1-5H. The summed E-state index contributed by atoms with van der Waals surface area (Å²) in [5.74, 6) is -1.11. The lowest BCUT2D eigenvalue weighted by Crippen LogP contribution is -2.00. The summed E-state index contributed by atoms with van der Waals surface area (Å²) >= 11 is 0. The third-order valence-electron chi connectivity index (χ3n) is 3.74. The predicted octanol–water partition coefficient (Wildman–Crippen LogP) is 4.77. The number of hydrogen-bond donors (Lipinski definition) is 1. The monoisotopic (exact) mass is 349 g/mol. The van der Waals surface area contributed by atoms with Gasteiger partial charge in [-0.2, -0.15) is 0 Å². The number of hydrogen-bond acceptors (Lipinski definition) is 3. The van der Waals surface area contributed by atoms with Gasteiger partial charge in [0, 0.05) is 17.3 Å². The van der Waals surface area contributed by atoms with E-state index in [4.69, 9.17) is 9.84 Å². The Morgan fingerprint density at radius 2 is 1.85 bits per heavy atom. The first-order valence-corrected chi connectivity index (χ1v) is 7.95. The molecule has 0 saturated heterocycles. The minimum Gasteiger partial charge on any atom is -0.495 e. The van der Waals surface area contributed by atoms with Crippen LogP contribution in [0, 0.1) is 5.82 Å². The fourth-order valence-electron chi connectivity index (χ4n) is 2.43. The summed E-state index contributed by atoms with van der Waals surface area (Å²) in [6.45, 7) is 0.473. The second-order valence-electron chi connectivity index (χ2n) is 5.56. The molecule has 0 fully saturated rings. The fourth-order valence-corrected chi connectivity index (χ4v) is 2.43. The maximum atomic E-state index is 11.9. The molecule has 0 radical (unpaired) electrons. The molecule has 0 aliphatic carbocycles. The van der Waals surface area contributed by atoms with Crippen molar-refractivity contribution in [2.75, 3.05) is 0 Å². The Balaban J connectivity index is 0.000000236. The van der Waals surface area contributed by atoms with Crippen LogP contribution in [0.2, 0.25) is 0 Å². The lowest BCUT2D eigenvalue weighted by atomic mass is 10.0. The van der Waals surface area contributed by atoms with Crippen LogP contribution < -0.4 is 0 Å². The van der Waals surface area contributed by atoms with Gasteiger partial charge in [0.05, 0.1) is 17.5 Å².